The van der Waals surface area contributed by atoms with Crippen molar-refractivity contribution >= 4 is 17.7 Å². The van der Waals surface area contributed by atoms with Gasteiger partial charge in [0, 0.05) is 6.42 Å². The summed E-state index contributed by atoms with van der Waals surface area (Å²) < 4.78 is 75.8. The van der Waals surface area contributed by atoms with Gasteiger partial charge >= 0.3 is 5.97 Å². The average molecular weight is 456 g/mol. The number of nitrogens with zero attached hydrogens (tertiary/aromatic N) is 2. The van der Waals surface area contributed by atoms with Crippen molar-refractivity contribution in [2.45, 2.75) is 37.0 Å². The highest BCUT2D eigenvalue weighted by Crippen LogP contribution is 2.42. The van der Waals surface area contributed by atoms with Gasteiger partial charge in [-0.15, -0.1) is 0 Å². The number of benzene rings is 2. The zero-order chi connectivity index (χ0) is 22.9. The van der Waals surface area contributed by atoms with Crippen LogP contribution in [-0.4, -0.2) is 15.7 Å². The molecular weight excluding hydrogens is 439 g/mol. The predicted octanol–water partition coefficient (Wildman–Crippen LogP) is 5.98. The maximum atomic E-state index is 14.2. The summed E-state index contributed by atoms with van der Waals surface area (Å²) in [7, 11) is 0. The van der Waals surface area contributed by atoms with Gasteiger partial charge in [0.1, 0.15) is 0 Å². The van der Waals surface area contributed by atoms with E-state index in [1.54, 1.807) is 44.2 Å². The molecule has 0 N–H and O–H groups in total. The van der Waals surface area contributed by atoms with Crippen molar-refractivity contribution < 1.29 is 31.5 Å². The van der Waals surface area contributed by atoms with E-state index < -0.39 is 40.0 Å². The molecule has 0 radical (unpaired) electrons. The molecule has 4 nitrogen and oxygen atoms in total. The predicted molar refractivity (Wildman–Crippen MR) is 104 cm³/mol. The summed E-state index contributed by atoms with van der Waals surface area (Å²) in [4.78, 5) is 11.1. The van der Waals surface area contributed by atoms with Crippen LogP contribution in [0.5, 0.6) is 5.88 Å². The van der Waals surface area contributed by atoms with Crippen molar-refractivity contribution in [1.29, 1.82) is 0 Å². The fraction of sp³-hybridized carbons (Fsp3) is 0.238. The molecule has 2 aromatic carbocycles. The molecule has 0 aliphatic carbocycles. The summed E-state index contributed by atoms with van der Waals surface area (Å²) in [6.07, 6.45) is 0.0473. The Hall–Kier alpha value is -2.88. The van der Waals surface area contributed by atoms with Crippen molar-refractivity contribution in [3.8, 4) is 11.6 Å². The third-order valence-corrected chi connectivity index (χ3v) is 5.36. The zero-order valence-electron chi connectivity index (χ0n) is 16.7. The van der Waals surface area contributed by atoms with E-state index in [4.69, 9.17) is 4.74 Å². The first-order chi connectivity index (χ1) is 14.6. The van der Waals surface area contributed by atoms with Crippen LogP contribution in [0.25, 0.3) is 5.69 Å². The lowest BCUT2D eigenvalue weighted by Gasteiger charge is -2.12. The van der Waals surface area contributed by atoms with Gasteiger partial charge in [0.25, 0.3) is 0 Å². The Bertz CT molecular complexity index is 1100. The van der Waals surface area contributed by atoms with Gasteiger partial charge in [-0.25, -0.2) is 22.0 Å². The molecule has 0 bridgehead atoms. The van der Waals surface area contributed by atoms with Crippen LogP contribution < -0.4 is 4.74 Å². The van der Waals surface area contributed by atoms with E-state index in [1.165, 1.54) is 11.6 Å². The van der Waals surface area contributed by atoms with Crippen LogP contribution in [-0.2, 0) is 4.79 Å². The lowest BCUT2D eigenvalue weighted by Crippen LogP contribution is -2.14. The van der Waals surface area contributed by atoms with E-state index in [1.807, 2.05) is 0 Å². The molecular formula is C21H17F5N2O2S. The van der Waals surface area contributed by atoms with Gasteiger partial charge in [0.15, 0.2) is 23.3 Å². The highest BCUT2D eigenvalue weighted by molar-refractivity contribution is 7.99. The van der Waals surface area contributed by atoms with Gasteiger partial charge in [0.05, 0.1) is 21.2 Å². The molecule has 0 unspecified atom stereocenters. The number of rotatable bonds is 6. The standard InChI is InChI=1S/C21H17F5N2O2S/c1-10(2)9-13(29)30-21-19(11(3)27-28(21)12-7-5-4-6-8-12)31-20-17(25)15(23)14(22)16(24)18(20)26/h4-8,10H,9H2,1-3H3. The van der Waals surface area contributed by atoms with Crippen molar-refractivity contribution in [3.05, 3.63) is 65.1 Å². The van der Waals surface area contributed by atoms with Gasteiger partial charge < -0.3 is 4.74 Å². The molecule has 0 saturated carbocycles. The number of aryl methyl sites for hydroxylation is 1. The number of hydrogen-bond donors (Lipinski definition) is 0. The average Bonchev–Trinajstić information content (AvgIpc) is 3.03. The van der Waals surface area contributed by atoms with Crippen LogP contribution in [0, 0.1) is 41.9 Å². The summed E-state index contributed by atoms with van der Waals surface area (Å²) in [5.74, 6) is -11.2. The Morgan fingerprint density at radius 2 is 1.52 bits per heavy atom. The minimum atomic E-state index is -2.25. The molecule has 0 saturated heterocycles. The molecule has 0 aliphatic heterocycles. The molecule has 1 aromatic heterocycles. The fourth-order valence-corrected chi connectivity index (χ4v) is 3.67. The van der Waals surface area contributed by atoms with Crippen LogP contribution in [0.4, 0.5) is 22.0 Å². The highest BCUT2D eigenvalue weighted by Gasteiger charge is 2.30. The topological polar surface area (TPSA) is 44.1 Å². The van der Waals surface area contributed by atoms with Crippen molar-refractivity contribution in [3.63, 3.8) is 0 Å². The molecule has 0 fully saturated rings. The van der Waals surface area contributed by atoms with E-state index in [-0.39, 0.29) is 40.6 Å². The molecule has 0 atom stereocenters. The van der Waals surface area contributed by atoms with E-state index >= 15 is 0 Å². The minimum Gasteiger partial charge on any atom is -0.406 e. The molecule has 3 rings (SSSR count). The number of ether oxygens (including phenoxy) is 1. The van der Waals surface area contributed by atoms with Gasteiger partial charge in [-0.3, -0.25) is 4.79 Å². The van der Waals surface area contributed by atoms with E-state index in [0.717, 1.165) is 0 Å². The number of esters is 1. The van der Waals surface area contributed by atoms with Crippen molar-refractivity contribution in [2.75, 3.05) is 0 Å². The summed E-state index contributed by atoms with van der Waals surface area (Å²) in [5.41, 5.74) is 0.646. The van der Waals surface area contributed by atoms with Crippen molar-refractivity contribution in [2.24, 2.45) is 5.92 Å². The quantitative estimate of drug-likeness (QED) is 0.198. The second-order valence-corrected chi connectivity index (χ2v) is 8.06. The largest absolute Gasteiger partial charge is 0.406 e. The lowest BCUT2D eigenvalue weighted by atomic mass is 10.1. The van der Waals surface area contributed by atoms with Crippen LogP contribution in [0.1, 0.15) is 26.0 Å². The number of halogens is 5. The third-order valence-electron chi connectivity index (χ3n) is 4.13. The summed E-state index contributed by atoms with van der Waals surface area (Å²) in [5, 5.41) is 4.24. The number of carbonyl (C=O) groups is 1. The molecule has 10 heteroatoms. The molecule has 1 heterocycles. The monoisotopic (exact) mass is 456 g/mol. The Labute approximate surface area is 179 Å². The van der Waals surface area contributed by atoms with Crippen LogP contribution in [0.3, 0.4) is 0 Å². The number of para-hydroxylation sites is 1. The van der Waals surface area contributed by atoms with Crippen LogP contribution in [0.2, 0.25) is 0 Å². The highest BCUT2D eigenvalue weighted by atomic mass is 32.2. The maximum absolute atomic E-state index is 14.2. The van der Waals surface area contributed by atoms with Gasteiger partial charge in [0.2, 0.25) is 11.7 Å². The van der Waals surface area contributed by atoms with Gasteiger partial charge in [-0.05, 0) is 25.0 Å². The third kappa shape index (κ3) is 4.58. The summed E-state index contributed by atoms with van der Waals surface area (Å²) in [6, 6.07) is 8.44. The van der Waals surface area contributed by atoms with E-state index in [0.29, 0.717) is 5.69 Å². The SMILES string of the molecule is Cc1nn(-c2ccccc2)c(OC(=O)CC(C)C)c1Sc1c(F)c(F)c(F)c(F)c1F. The first-order valence-corrected chi connectivity index (χ1v) is 9.98. The number of hydrogen-bond acceptors (Lipinski definition) is 4. The fourth-order valence-electron chi connectivity index (χ4n) is 2.70. The normalized spacial score (nSPS) is 11.3. The van der Waals surface area contributed by atoms with E-state index in [9.17, 15) is 26.7 Å². The first kappa shape index (κ1) is 22.8. The Morgan fingerprint density at radius 3 is 2.06 bits per heavy atom. The molecule has 31 heavy (non-hydrogen) atoms. The molecule has 164 valence electrons. The molecule has 0 amide bonds. The van der Waals surface area contributed by atoms with Gasteiger partial charge in [-0.2, -0.15) is 9.78 Å². The Kier molecular flexibility index (Phi) is 6.68. The van der Waals surface area contributed by atoms with Crippen LogP contribution in [0.15, 0.2) is 40.1 Å². The van der Waals surface area contributed by atoms with Crippen LogP contribution >= 0.6 is 11.8 Å². The first-order valence-electron chi connectivity index (χ1n) is 9.16. The maximum Gasteiger partial charge on any atom is 0.312 e. The summed E-state index contributed by atoms with van der Waals surface area (Å²) in [6.45, 7) is 5.06. The number of aromatic nitrogens is 2. The molecule has 0 spiro atoms. The Morgan fingerprint density at radius 1 is 0.968 bits per heavy atom. The van der Waals surface area contributed by atoms with Crippen molar-refractivity contribution in [1.82, 2.24) is 9.78 Å². The van der Waals surface area contributed by atoms with E-state index in [2.05, 4.69) is 5.10 Å². The minimum absolute atomic E-state index is 0.0343. The second kappa shape index (κ2) is 9.09. The van der Waals surface area contributed by atoms with Gasteiger partial charge in [-0.1, -0.05) is 43.8 Å². The Balaban J connectivity index is 2.15. The molecule has 3 aromatic rings. The molecule has 0 aliphatic rings. The zero-order valence-corrected chi connectivity index (χ0v) is 17.5. The number of carbonyl (C=O) groups excluding carboxylic acids is 1. The summed E-state index contributed by atoms with van der Waals surface area (Å²) >= 11 is 0.250. The smallest absolute Gasteiger partial charge is 0.312 e. The lowest BCUT2D eigenvalue weighted by molar-refractivity contribution is -0.135. The second-order valence-electron chi connectivity index (χ2n) is 7.04.